The van der Waals surface area contributed by atoms with Crippen LogP contribution in [0.5, 0.6) is 0 Å². The third-order valence-electron chi connectivity index (χ3n) is 3.72. The number of carbonyl (C=O) groups is 1. The summed E-state index contributed by atoms with van der Waals surface area (Å²) in [4.78, 5) is 14.1. The van der Waals surface area contributed by atoms with Gasteiger partial charge in [-0.3, -0.25) is 15.0 Å². The van der Waals surface area contributed by atoms with Crippen molar-refractivity contribution in [3.8, 4) is 0 Å². The molecule has 1 fully saturated rings. The fraction of sp³-hybridized carbons (Fsp3) is 0.714. The molecule has 1 aliphatic carbocycles. The van der Waals surface area contributed by atoms with Gasteiger partial charge in [0, 0.05) is 18.7 Å². The molecule has 0 spiro atoms. The summed E-state index contributed by atoms with van der Waals surface area (Å²) in [6, 6.07) is 2.09. The minimum absolute atomic E-state index is 0.0746. The van der Waals surface area contributed by atoms with E-state index in [-0.39, 0.29) is 19.1 Å². The summed E-state index contributed by atoms with van der Waals surface area (Å²) in [5, 5.41) is 15.6. The fourth-order valence-corrected chi connectivity index (χ4v) is 2.75. The molecule has 2 N–H and O–H groups in total. The van der Waals surface area contributed by atoms with E-state index in [0.717, 1.165) is 18.5 Å². The monoisotopic (exact) mass is 281 g/mol. The number of aromatic nitrogens is 1. The Balaban J connectivity index is 1.87. The van der Waals surface area contributed by atoms with Gasteiger partial charge in [0.25, 0.3) is 0 Å². The van der Waals surface area contributed by atoms with Crippen LogP contribution < -0.4 is 5.32 Å². The normalized spacial score (nSPS) is 16.6. The molecule has 1 saturated carbocycles. The maximum absolute atomic E-state index is 12.0. The van der Waals surface area contributed by atoms with Gasteiger partial charge in [-0.05, 0) is 19.8 Å². The Morgan fingerprint density at radius 1 is 1.50 bits per heavy atom. The molecule has 0 aromatic carbocycles. The van der Waals surface area contributed by atoms with Crippen molar-refractivity contribution < 1.29 is 14.4 Å². The summed E-state index contributed by atoms with van der Waals surface area (Å²) in [5.74, 6) is 0.250. The van der Waals surface area contributed by atoms with E-state index in [1.807, 2.05) is 0 Å². The highest BCUT2D eigenvalue weighted by atomic mass is 16.5. The highest BCUT2D eigenvalue weighted by molar-refractivity contribution is 5.90. The van der Waals surface area contributed by atoms with Crippen LogP contribution >= 0.6 is 0 Å². The topological polar surface area (TPSA) is 78.6 Å². The quantitative estimate of drug-likeness (QED) is 0.827. The Kier molecular flexibility index (Phi) is 5.55. The van der Waals surface area contributed by atoms with E-state index in [1.54, 1.807) is 13.0 Å². The maximum Gasteiger partial charge on any atom is 0.240 e. The van der Waals surface area contributed by atoms with Gasteiger partial charge >= 0.3 is 0 Å². The second kappa shape index (κ2) is 7.40. The number of anilines is 1. The van der Waals surface area contributed by atoms with Gasteiger partial charge in [0.05, 0.1) is 18.8 Å². The van der Waals surface area contributed by atoms with Crippen molar-refractivity contribution in [2.75, 3.05) is 25.0 Å². The third-order valence-corrected chi connectivity index (χ3v) is 3.72. The smallest absolute Gasteiger partial charge is 0.240 e. The highest BCUT2D eigenvalue weighted by Gasteiger charge is 2.23. The van der Waals surface area contributed by atoms with E-state index in [9.17, 15) is 9.90 Å². The molecule has 1 amide bonds. The summed E-state index contributed by atoms with van der Waals surface area (Å²) in [6.45, 7) is 2.70. The van der Waals surface area contributed by atoms with E-state index in [4.69, 9.17) is 4.52 Å². The average Bonchev–Trinajstić information content (AvgIpc) is 2.84. The third kappa shape index (κ3) is 4.31. The minimum Gasteiger partial charge on any atom is -0.395 e. The van der Waals surface area contributed by atoms with Gasteiger partial charge < -0.3 is 9.63 Å². The Morgan fingerprint density at radius 3 is 2.85 bits per heavy atom. The number of amides is 1. The Hall–Kier alpha value is -1.40. The van der Waals surface area contributed by atoms with Crippen LogP contribution in [-0.2, 0) is 4.79 Å². The molecule has 0 saturated heterocycles. The lowest BCUT2D eigenvalue weighted by molar-refractivity contribution is -0.118. The zero-order valence-corrected chi connectivity index (χ0v) is 12.0. The van der Waals surface area contributed by atoms with Crippen molar-refractivity contribution in [1.29, 1.82) is 0 Å². The van der Waals surface area contributed by atoms with Gasteiger partial charge in [0.2, 0.25) is 11.8 Å². The fourth-order valence-electron chi connectivity index (χ4n) is 2.75. The number of rotatable bonds is 6. The Morgan fingerprint density at radius 2 is 2.25 bits per heavy atom. The van der Waals surface area contributed by atoms with Gasteiger partial charge in [0.15, 0.2) is 0 Å². The summed E-state index contributed by atoms with van der Waals surface area (Å²) >= 11 is 0. The summed E-state index contributed by atoms with van der Waals surface area (Å²) in [5.41, 5.74) is 0.736. The predicted molar refractivity (Wildman–Crippen MR) is 75.4 cm³/mol. The molecule has 2 rings (SSSR count). The number of hydrogen-bond acceptors (Lipinski definition) is 5. The van der Waals surface area contributed by atoms with Gasteiger partial charge in [-0.25, -0.2) is 0 Å². The Bertz CT molecular complexity index is 427. The molecule has 1 aromatic heterocycles. The first-order valence-corrected chi connectivity index (χ1v) is 7.27. The zero-order valence-electron chi connectivity index (χ0n) is 12.0. The molecular formula is C14H23N3O3. The zero-order chi connectivity index (χ0) is 14.4. The van der Waals surface area contributed by atoms with Crippen LogP contribution in [0.1, 0.15) is 37.8 Å². The van der Waals surface area contributed by atoms with Gasteiger partial charge in [-0.2, -0.15) is 0 Å². The first kappa shape index (κ1) is 15.0. The van der Waals surface area contributed by atoms with Gasteiger partial charge in [-0.15, -0.1) is 0 Å². The minimum atomic E-state index is -0.125. The van der Waals surface area contributed by atoms with E-state index in [1.165, 1.54) is 19.3 Å². The average molecular weight is 281 g/mol. The SMILES string of the molecule is Cc1cc(NC(=O)CN(CCO)C2CCCCC2)on1. The number of aryl methyl sites for hydroxylation is 1. The summed E-state index contributed by atoms with van der Waals surface area (Å²) in [7, 11) is 0. The lowest BCUT2D eigenvalue weighted by atomic mass is 9.94. The van der Waals surface area contributed by atoms with E-state index in [2.05, 4.69) is 15.4 Å². The van der Waals surface area contributed by atoms with Crippen LogP contribution in [0.2, 0.25) is 0 Å². The number of nitrogens with one attached hydrogen (secondary N) is 1. The second-order valence-corrected chi connectivity index (χ2v) is 5.37. The van der Waals surface area contributed by atoms with E-state index < -0.39 is 0 Å². The first-order valence-electron chi connectivity index (χ1n) is 7.27. The van der Waals surface area contributed by atoms with Crippen LogP contribution in [0, 0.1) is 6.92 Å². The molecule has 0 aliphatic heterocycles. The first-order chi connectivity index (χ1) is 9.69. The summed E-state index contributed by atoms with van der Waals surface area (Å²) in [6.07, 6.45) is 5.89. The lowest BCUT2D eigenvalue weighted by Gasteiger charge is -2.33. The number of aliphatic hydroxyl groups is 1. The van der Waals surface area contributed by atoms with Crippen molar-refractivity contribution in [1.82, 2.24) is 10.1 Å². The molecule has 0 atom stereocenters. The number of nitrogens with zero attached hydrogens (tertiary/aromatic N) is 2. The van der Waals surface area contributed by atoms with Crippen molar-refractivity contribution in [2.24, 2.45) is 0 Å². The maximum atomic E-state index is 12.0. The lowest BCUT2D eigenvalue weighted by Crippen LogP contribution is -2.43. The Labute approximate surface area is 119 Å². The molecule has 0 unspecified atom stereocenters. The van der Waals surface area contributed by atoms with Crippen molar-refractivity contribution in [2.45, 2.75) is 45.1 Å². The predicted octanol–water partition coefficient (Wildman–Crippen LogP) is 1.55. The molecule has 1 aliphatic rings. The standard InChI is InChI=1S/C14H23N3O3/c1-11-9-14(20-16-11)15-13(19)10-17(7-8-18)12-5-3-2-4-6-12/h9,12,18H,2-8,10H2,1H3,(H,15,19). The van der Waals surface area contributed by atoms with Gasteiger partial charge in [-0.1, -0.05) is 24.4 Å². The number of hydrogen-bond donors (Lipinski definition) is 2. The van der Waals surface area contributed by atoms with E-state index >= 15 is 0 Å². The van der Waals surface area contributed by atoms with Gasteiger partial charge in [0.1, 0.15) is 0 Å². The molecule has 20 heavy (non-hydrogen) atoms. The molecule has 0 radical (unpaired) electrons. The molecule has 112 valence electrons. The molecule has 6 nitrogen and oxygen atoms in total. The van der Waals surface area contributed by atoms with Crippen LogP contribution in [0.4, 0.5) is 5.88 Å². The van der Waals surface area contributed by atoms with Crippen LogP contribution in [0.3, 0.4) is 0 Å². The second-order valence-electron chi connectivity index (χ2n) is 5.37. The van der Waals surface area contributed by atoms with Crippen molar-refractivity contribution >= 4 is 11.8 Å². The summed E-state index contributed by atoms with van der Waals surface area (Å²) < 4.78 is 4.97. The highest BCUT2D eigenvalue weighted by Crippen LogP contribution is 2.22. The number of aliphatic hydroxyl groups excluding tert-OH is 1. The van der Waals surface area contributed by atoms with Crippen LogP contribution in [-0.4, -0.2) is 46.8 Å². The van der Waals surface area contributed by atoms with Crippen LogP contribution in [0.25, 0.3) is 0 Å². The molecule has 0 bridgehead atoms. The molecule has 1 aromatic rings. The molecule has 1 heterocycles. The number of carbonyl (C=O) groups excluding carboxylic acids is 1. The molecular weight excluding hydrogens is 258 g/mol. The molecule has 6 heteroatoms. The largest absolute Gasteiger partial charge is 0.395 e. The van der Waals surface area contributed by atoms with Crippen molar-refractivity contribution in [3.05, 3.63) is 11.8 Å². The van der Waals surface area contributed by atoms with E-state index in [0.29, 0.717) is 18.5 Å². The van der Waals surface area contributed by atoms with Crippen LogP contribution in [0.15, 0.2) is 10.6 Å². The van der Waals surface area contributed by atoms with Crippen molar-refractivity contribution in [3.63, 3.8) is 0 Å².